The van der Waals surface area contributed by atoms with Crippen molar-refractivity contribution in [1.29, 1.82) is 0 Å². The minimum Gasteiger partial charge on any atom is -0.394 e. The van der Waals surface area contributed by atoms with Gasteiger partial charge < -0.3 is 14.9 Å². The summed E-state index contributed by atoms with van der Waals surface area (Å²) >= 11 is 0. The van der Waals surface area contributed by atoms with Crippen LogP contribution in [-0.2, 0) is 4.74 Å². The van der Waals surface area contributed by atoms with E-state index >= 15 is 0 Å². The van der Waals surface area contributed by atoms with Gasteiger partial charge in [-0.3, -0.25) is 0 Å². The van der Waals surface area contributed by atoms with Crippen LogP contribution in [0.3, 0.4) is 0 Å². The highest BCUT2D eigenvalue weighted by Crippen LogP contribution is 2.18. The third kappa shape index (κ3) is 1.29. The Morgan fingerprint density at radius 1 is 1.70 bits per heavy atom. The second kappa shape index (κ2) is 3.02. The van der Waals surface area contributed by atoms with Gasteiger partial charge in [0.15, 0.2) is 0 Å². The predicted octanol–water partition coefficient (Wildman–Crippen LogP) is -0.870. The van der Waals surface area contributed by atoms with Gasteiger partial charge in [0, 0.05) is 6.42 Å². The molecule has 3 heteroatoms. The van der Waals surface area contributed by atoms with Crippen LogP contribution in [0.1, 0.15) is 6.42 Å². The smallest absolute Gasteiger partial charge is 0.121 e. The third-order valence-corrected chi connectivity index (χ3v) is 1.59. The van der Waals surface area contributed by atoms with Crippen molar-refractivity contribution in [1.82, 2.24) is 0 Å². The molecule has 0 saturated carbocycles. The number of rotatable bonds is 1. The summed E-state index contributed by atoms with van der Waals surface area (Å²) < 4.78 is 5.04. The molecule has 0 radical (unpaired) electrons. The molecule has 0 aromatic carbocycles. The molecule has 3 nitrogen and oxygen atoms in total. The van der Waals surface area contributed by atoms with E-state index in [1.165, 1.54) is 0 Å². The van der Waals surface area contributed by atoms with Crippen molar-refractivity contribution in [3.05, 3.63) is 0 Å². The Morgan fingerprint density at radius 2 is 2.40 bits per heavy atom. The van der Waals surface area contributed by atoms with Crippen LogP contribution in [-0.4, -0.2) is 35.1 Å². The van der Waals surface area contributed by atoms with Crippen LogP contribution in [0.25, 0.3) is 0 Å². The highest BCUT2D eigenvalue weighted by molar-refractivity contribution is 5.00. The van der Waals surface area contributed by atoms with Crippen molar-refractivity contribution in [2.24, 2.45) is 0 Å². The Bertz CT molecular complexity index is 149. The standard InChI is InChI=1S/C7H10O3/c1-2-5-3-6(9)7(4-8)10-5/h1,5-9H,3-4H2/t5-,6+,7-/m1/s1. The molecule has 0 amide bonds. The lowest BCUT2D eigenvalue weighted by Gasteiger charge is -2.08. The molecule has 10 heavy (non-hydrogen) atoms. The van der Waals surface area contributed by atoms with Crippen LogP contribution >= 0.6 is 0 Å². The van der Waals surface area contributed by atoms with E-state index in [2.05, 4.69) is 5.92 Å². The van der Waals surface area contributed by atoms with Gasteiger partial charge in [-0.2, -0.15) is 0 Å². The first kappa shape index (κ1) is 7.55. The highest BCUT2D eigenvalue weighted by Gasteiger charge is 2.31. The van der Waals surface area contributed by atoms with Crippen LogP contribution in [0.2, 0.25) is 0 Å². The molecule has 2 N–H and O–H groups in total. The molecule has 0 aromatic rings. The molecule has 1 heterocycles. The lowest BCUT2D eigenvalue weighted by Crippen LogP contribution is -2.24. The molecule has 56 valence electrons. The van der Waals surface area contributed by atoms with E-state index in [-0.39, 0.29) is 12.7 Å². The average Bonchev–Trinajstić information content (AvgIpc) is 2.30. The second-order valence-electron chi connectivity index (χ2n) is 2.32. The number of aliphatic hydroxyl groups is 2. The van der Waals surface area contributed by atoms with Gasteiger partial charge in [0.1, 0.15) is 12.2 Å². The van der Waals surface area contributed by atoms with E-state index in [1.807, 2.05) is 0 Å². The zero-order valence-corrected chi connectivity index (χ0v) is 5.53. The molecule has 0 aliphatic carbocycles. The summed E-state index contributed by atoms with van der Waals surface area (Å²) in [5.41, 5.74) is 0. The number of hydrogen-bond acceptors (Lipinski definition) is 3. The summed E-state index contributed by atoms with van der Waals surface area (Å²) in [4.78, 5) is 0. The van der Waals surface area contributed by atoms with E-state index in [0.29, 0.717) is 6.42 Å². The van der Waals surface area contributed by atoms with Gasteiger partial charge in [-0.05, 0) is 0 Å². The van der Waals surface area contributed by atoms with Crippen LogP contribution in [0.5, 0.6) is 0 Å². The monoisotopic (exact) mass is 142 g/mol. The molecular weight excluding hydrogens is 132 g/mol. The molecule has 1 saturated heterocycles. The first-order valence-corrected chi connectivity index (χ1v) is 3.18. The molecular formula is C7H10O3. The number of aliphatic hydroxyl groups excluding tert-OH is 2. The molecule has 0 bridgehead atoms. The quantitative estimate of drug-likeness (QED) is 0.468. The first-order valence-electron chi connectivity index (χ1n) is 3.18. The van der Waals surface area contributed by atoms with Crippen molar-refractivity contribution in [2.45, 2.75) is 24.7 Å². The van der Waals surface area contributed by atoms with Crippen molar-refractivity contribution in [3.8, 4) is 12.3 Å². The Kier molecular flexibility index (Phi) is 2.28. The van der Waals surface area contributed by atoms with Crippen LogP contribution < -0.4 is 0 Å². The van der Waals surface area contributed by atoms with Crippen LogP contribution in [0.4, 0.5) is 0 Å². The largest absolute Gasteiger partial charge is 0.394 e. The van der Waals surface area contributed by atoms with Gasteiger partial charge >= 0.3 is 0 Å². The number of hydrogen-bond donors (Lipinski definition) is 2. The molecule has 1 aliphatic heterocycles. The van der Waals surface area contributed by atoms with Gasteiger partial charge in [0.25, 0.3) is 0 Å². The van der Waals surface area contributed by atoms with Gasteiger partial charge in [0.2, 0.25) is 0 Å². The highest BCUT2D eigenvalue weighted by atomic mass is 16.5. The van der Waals surface area contributed by atoms with Crippen molar-refractivity contribution in [2.75, 3.05) is 6.61 Å². The Balaban J connectivity index is 2.46. The molecule has 1 aliphatic rings. The topological polar surface area (TPSA) is 49.7 Å². The SMILES string of the molecule is C#C[C@@H]1C[C@H](O)[C@@H](CO)O1. The zero-order valence-electron chi connectivity index (χ0n) is 5.53. The van der Waals surface area contributed by atoms with E-state index in [9.17, 15) is 0 Å². The fraction of sp³-hybridized carbons (Fsp3) is 0.714. The van der Waals surface area contributed by atoms with Crippen LogP contribution in [0.15, 0.2) is 0 Å². The maximum atomic E-state index is 9.11. The molecule has 0 unspecified atom stereocenters. The molecule has 1 rings (SSSR count). The van der Waals surface area contributed by atoms with Crippen molar-refractivity contribution >= 4 is 0 Å². The molecule has 3 atom stereocenters. The Labute approximate surface area is 59.6 Å². The second-order valence-corrected chi connectivity index (χ2v) is 2.32. The number of terminal acetylenes is 1. The van der Waals surface area contributed by atoms with Crippen molar-refractivity contribution in [3.63, 3.8) is 0 Å². The van der Waals surface area contributed by atoms with E-state index in [0.717, 1.165) is 0 Å². The first-order chi connectivity index (χ1) is 4.77. The predicted molar refractivity (Wildman–Crippen MR) is 35.2 cm³/mol. The minimum absolute atomic E-state index is 0.167. The van der Waals surface area contributed by atoms with Gasteiger partial charge in [-0.1, -0.05) is 5.92 Å². The Hall–Kier alpha value is -0.560. The molecule has 0 aromatic heterocycles. The summed E-state index contributed by atoms with van der Waals surface area (Å²) in [6.45, 7) is -0.167. The Morgan fingerprint density at radius 3 is 2.70 bits per heavy atom. The fourth-order valence-corrected chi connectivity index (χ4v) is 1.00. The average molecular weight is 142 g/mol. The van der Waals surface area contributed by atoms with Crippen molar-refractivity contribution < 1.29 is 14.9 Å². The minimum atomic E-state index is -0.606. The zero-order chi connectivity index (χ0) is 7.56. The van der Waals surface area contributed by atoms with Gasteiger partial charge in [0.05, 0.1) is 12.7 Å². The summed E-state index contributed by atoms with van der Waals surface area (Å²) in [7, 11) is 0. The summed E-state index contributed by atoms with van der Waals surface area (Å²) in [6, 6.07) is 0. The van der Waals surface area contributed by atoms with E-state index in [1.54, 1.807) is 0 Å². The molecule has 0 spiro atoms. The van der Waals surface area contributed by atoms with E-state index < -0.39 is 12.2 Å². The summed E-state index contributed by atoms with van der Waals surface area (Å²) in [5, 5.41) is 17.7. The number of ether oxygens (including phenoxy) is 1. The van der Waals surface area contributed by atoms with Gasteiger partial charge in [-0.15, -0.1) is 6.42 Å². The maximum absolute atomic E-state index is 9.11. The van der Waals surface area contributed by atoms with Gasteiger partial charge in [-0.25, -0.2) is 0 Å². The lowest BCUT2D eigenvalue weighted by molar-refractivity contribution is -0.00866. The third-order valence-electron chi connectivity index (χ3n) is 1.59. The van der Waals surface area contributed by atoms with Crippen LogP contribution in [0, 0.1) is 12.3 Å². The van der Waals surface area contributed by atoms with E-state index in [4.69, 9.17) is 21.4 Å². The summed E-state index contributed by atoms with van der Waals surface area (Å²) in [5.74, 6) is 2.37. The summed E-state index contributed by atoms with van der Waals surface area (Å²) in [6.07, 6.45) is 4.06. The maximum Gasteiger partial charge on any atom is 0.121 e. The normalized spacial score (nSPS) is 39.5. The lowest BCUT2D eigenvalue weighted by atomic mass is 10.1. The molecule has 1 fully saturated rings. The fourth-order valence-electron chi connectivity index (χ4n) is 1.00.